The number of carbonyl (C=O) groups excluding carboxylic acids is 2. The molecule has 0 saturated carbocycles. The fourth-order valence-corrected chi connectivity index (χ4v) is 10.4. The number of fused-ring (bicyclic) bond motifs is 2. The van der Waals surface area contributed by atoms with Gasteiger partial charge in [-0.2, -0.15) is 10.2 Å². The molecule has 18 heteroatoms. The van der Waals surface area contributed by atoms with Crippen molar-refractivity contribution in [2.45, 2.75) is 157 Å². The zero-order chi connectivity index (χ0) is 52.7. The predicted molar refractivity (Wildman–Crippen MR) is 309 cm³/mol. The zero-order valence-electron chi connectivity index (χ0n) is 44.3. The summed E-state index contributed by atoms with van der Waals surface area (Å²) >= 11 is 9.27. The first kappa shape index (κ1) is 61.1. The molecule has 0 spiro atoms. The van der Waals surface area contributed by atoms with E-state index in [1.165, 1.54) is 35.1 Å². The molecule has 2 amide bonds. The molecule has 2 aromatic carbocycles. The summed E-state index contributed by atoms with van der Waals surface area (Å²) in [5, 5.41) is 14.8. The number of carbonyl (C=O) groups is 2. The fourth-order valence-electron chi connectivity index (χ4n) is 9.83. The Kier molecular flexibility index (Phi) is 23.9. The third-order valence-corrected chi connectivity index (χ3v) is 14.0. The lowest BCUT2D eigenvalue weighted by molar-refractivity contribution is -0.149. The number of aromatic nitrogens is 8. The van der Waals surface area contributed by atoms with Crippen molar-refractivity contribution in [3.05, 3.63) is 118 Å². The Bertz CT molecular complexity index is 2760. The number of hydrogen-bond donors (Lipinski definition) is 2. The van der Waals surface area contributed by atoms with Crippen molar-refractivity contribution < 1.29 is 19.1 Å². The Balaban J connectivity index is 0.000000224. The predicted octanol–water partition coefficient (Wildman–Crippen LogP) is 12.6. The number of nitrogens with zero attached hydrogens (tertiary/aromatic N) is 10. The fraction of sp³-hybridized carbons (Fsp3) is 0.517. The molecule has 4 aromatic heterocycles. The Morgan fingerprint density at radius 3 is 1.62 bits per heavy atom. The lowest BCUT2D eigenvalue weighted by atomic mass is 9.88. The topological polar surface area (TPSA) is 170 Å². The van der Waals surface area contributed by atoms with E-state index in [1.807, 2.05) is 83.9 Å². The number of aryl methyl sites for hydroxylation is 4. The van der Waals surface area contributed by atoms with Gasteiger partial charge in [0.05, 0.1) is 53.9 Å². The van der Waals surface area contributed by atoms with Crippen LogP contribution in [0.2, 0.25) is 5.15 Å². The van der Waals surface area contributed by atoms with E-state index in [4.69, 9.17) is 26.1 Å². The second kappa shape index (κ2) is 29.7. The average Bonchev–Trinajstić information content (AvgIpc) is 3.83. The average molecular weight is 1130 g/mol. The molecule has 2 unspecified atom stereocenters. The van der Waals surface area contributed by atoms with Crippen LogP contribution in [-0.2, 0) is 46.0 Å². The third-order valence-electron chi connectivity index (χ3n) is 13.3. The van der Waals surface area contributed by atoms with Gasteiger partial charge in [-0.05, 0) is 131 Å². The van der Waals surface area contributed by atoms with Gasteiger partial charge >= 0.3 is 0 Å². The number of ether oxygens (including phenoxy) is 2. The molecule has 6 heterocycles. The maximum Gasteiger partial charge on any atom is 0.228 e. The standard InChI is InChI=1S/C27H34N6O2.C19H26BrNO2.C8H8ClN5.C2H6.2CH4/c1-18(2)35-23-16-33(17-23)26(34)13-20-7-5-4-6-19-12-21(8-9-24(19)20)25-10-11-28-27(31-25)30-22-14-29-32(3)15-22;1-13(2)23-17-11-21(12-17)19(22)10-15-6-4-3-5-14-9-16(20)7-8-18(14)15;1-14-5-6(4-11-14)12-8-10-3-2-7(9)13-8;1-2;;/h8-12,14-15,18,20,23H,4-7,13,16-17H2,1-3H3,(H,28,30,31);7-9,13,15,17H,3-6,10-12H2,1-2H3;2-5H,1H3,(H,10,12,13);1-2H3;2*1H4. The molecule has 10 rings (SSSR count). The molecule has 2 fully saturated rings. The number of halogens is 2. The molecule has 2 saturated heterocycles. The van der Waals surface area contributed by atoms with Crippen molar-refractivity contribution >= 4 is 62.6 Å². The summed E-state index contributed by atoms with van der Waals surface area (Å²) in [4.78, 5) is 46.5. The maximum absolute atomic E-state index is 13.0. The van der Waals surface area contributed by atoms with Gasteiger partial charge in [0.15, 0.2) is 0 Å². The van der Waals surface area contributed by atoms with Gasteiger partial charge in [-0.15, -0.1) is 0 Å². The molecule has 4 aliphatic rings. The van der Waals surface area contributed by atoms with Crippen LogP contribution in [0, 0.1) is 0 Å². The molecule has 2 N–H and O–H groups in total. The second-order valence-corrected chi connectivity index (χ2v) is 21.1. The highest BCUT2D eigenvalue weighted by Crippen LogP contribution is 2.37. The van der Waals surface area contributed by atoms with E-state index in [-0.39, 0.29) is 57.0 Å². The minimum absolute atomic E-state index is 0. The molecular weight excluding hydrogens is 1040 g/mol. The molecule has 412 valence electrons. The van der Waals surface area contributed by atoms with Crippen LogP contribution < -0.4 is 10.6 Å². The van der Waals surface area contributed by atoms with Crippen molar-refractivity contribution in [1.82, 2.24) is 49.3 Å². The number of hydrogen-bond acceptors (Lipinski definition) is 12. The second-order valence-electron chi connectivity index (χ2n) is 19.8. The first-order valence-electron chi connectivity index (χ1n) is 26.3. The van der Waals surface area contributed by atoms with Gasteiger partial charge in [-0.1, -0.05) is 87.3 Å². The Labute approximate surface area is 465 Å². The molecule has 2 atom stereocenters. The van der Waals surface area contributed by atoms with Crippen LogP contribution >= 0.6 is 27.5 Å². The van der Waals surface area contributed by atoms with E-state index in [1.54, 1.807) is 40.2 Å². The zero-order valence-corrected chi connectivity index (χ0v) is 46.6. The van der Waals surface area contributed by atoms with Crippen molar-refractivity contribution in [1.29, 1.82) is 0 Å². The van der Waals surface area contributed by atoms with Gasteiger partial charge in [0, 0.05) is 87.9 Å². The molecule has 2 aliphatic carbocycles. The molecule has 76 heavy (non-hydrogen) atoms. The number of rotatable bonds is 13. The first-order valence-corrected chi connectivity index (χ1v) is 27.5. The lowest BCUT2D eigenvalue weighted by Gasteiger charge is -2.40. The highest BCUT2D eigenvalue weighted by Gasteiger charge is 2.35. The molecule has 0 bridgehead atoms. The van der Waals surface area contributed by atoms with E-state index in [2.05, 4.69) is 88.1 Å². The van der Waals surface area contributed by atoms with Gasteiger partial charge < -0.3 is 29.9 Å². The largest absolute Gasteiger partial charge is 0.372 e. The summed E-state index contributed by atoms with van der Waals surface area (Å²) in [7, 11) is 3.71. The minimum Gasteiger partial charge on any atom is -0.372 e. The smallest absolute Gasteiger partial charge is 0.228 e. The lowest BCUT2D eigenvalue weighted by Crippen LogP contribution is -2.55. The number of amides is 2. The summed E-state index contributed by atoms with van der Waals surface area (Å²) in [6.07, 6.45) is 21.7. The summed E-state index contributed by atoms with van der Waals surface area (Å²) in [6.45, 7) is 15.1. The van der Waals surface area contributed by atoms with Crippen LogP contribution in [0.4, 0.5) is 23.3 Å². The quantitative estimate of drug-likeness (QED) is 0.0830. The molecule has 0 radical (unpaired) electrons. The van der Waals surface area contributed by atoms with E-state index < -0.39 is 0 Å². The summed E-state index contributed by atoms with van der Waals surface area (Å²) < 4.78 is 16.1. The highest BCUT2D eigenvalue weighted by molar-refractivity contribution is 9.10. The van der Waals surface area contributed by atoms with Crippen molar-refractivity contribution in [3.63, 3.8) is 0 Å². The number of nitrogens with one attached hydrogen (secondary N) is 2. The van der Waals surface area contributed by atoms with Crippen molar-refractivity contribution in [2.75, 3.05) is 36.8 Å². The molecule has 16 nitrogen and oxygen atoms in total. The monoisotopic (exact) mass is 1120 g/mol. The summed E-state index contributed by atoms with van der Waals surface area (Å²) in [5.74, 6) is 2.19. The van der Waals surface area contributed by atoms with Crippen LogP contribution in [0.15, 0.2) is 90.2 Å². The Hall–Kier alpha value is -5.75. The number of anilines is 4. The van der Waals surface area contributed by atoms with Gasteiger partial charge in [-0.3, -0.25) is 19.0 Å². The SMILES string of the molecule is C.C.CC.CC(C)OC1CN(C(=O)CC2CCCCc3cc(-c4ccnc(Nc5cnn(C)c5)n4)ccc32)C1.CC(C)OC1CN(C(=O)CC2CCCCc3cc(Br)ccc32)C1.Cn1cc(Nc2nccc(Cl)n2)cn1. The van der Waals surface area contributed by atoms with Gasteiger partial charge in [0.25, 0.3) is 0 Å². The maximum atomic E-state index is 13.0. The van der Waals surface area contributed by atoms with Crippen LogP contribution in [0.1, 0.15) is 142 Å². The van der Waals surface area contributed by atoms with Gasteiger partial charge in [-0.25, -0.2) is 19.9 Å². The van der Waals surface area contributed by atoms with E-state index in [0.29, 0.717) is 35.8 Å². The number of benzene rings is 2. The van der Waals surface area contributed by atoms with Crippen LogP contribution in [0.3, 0.4) is 0 Å². The minimum atomic E-state index is 0. The Morgan fingerprint density at radius 1 is 0.671 bits per heavy atom. The Morgan fingerprint density at radius 2 is 1.14 bits per heavy atom. The molecular formula is C58H82BrClN12O4. The summed E-state index contributed by atoms with van der Waals surface area (Å²) in [5.41, 5.74) is 9.08. The highest BCUT2D eigenvalue weighted by atomic mass is 79.9. The van der Waals surface area contributed by atoms with Crippen LogP contribution in [-0.4, -0.2) is 112 Å². The molecule has 2 aliphatic heterocycles. The van der Waals surface area contributed by atoms with Gasteiger partial charge in [0.1, 0.15) is 5.15 Å². The first-order chi connectivity index (χ1) is 35.7. The summed E-state index contributed by atoms with van der Waals surface area (Å²) in [6, 6.07) is 16.7. The third kappa shape index (κ3) is 17.6. The van der Waals surface area contributed by atoms with Crippen molar-refractivity contribution in [2.24, 2.45) is 14.1 Å². The molecule has 6 aromatic rings. The normalized spacial score (nSPS) is 16.9. The van der Waals surface area contributed by atoms with E-state index in [0.717, 1.165) is 91.8 Å². The van der Waals surface area contributed by atoms with E-state index in [9.17, 15) is 9.59 Å². The van der Waals surface area contributed by atoms with Crippen LogP contribution in [0.5, 0.6) is 0 Å². The number of likely N-dealkylation sites (tertiary alicyclic amines) is 2. The van der Waals surface area contributed by atoms with Gasteiger partial charge in [0.2, 0.25) is 23.7 Å². The van der Waals surface area contributed by atoms with Crippen molar-refractivity contribution in [3.8, 4) is 11.3 Å². The van der Waals surface area contributed by atoms with Crippen LogP contribution in [0.25, 0.3) is 11.3 Å². The van der Waals surface area contributed by atoms with E-state index >= 15 is 0 Å².